The lowest BCUT2D eigenvalue weighted by molar-refractivity contribution is -0.132. The van der Waals surface area contributed by atoms with E-state index < -0.39 is 18.0 Å². The molecule has 0 bridgehead atoms. The molecule has 3 aliphatic heterocycles. The van der Waals surface area contributed by atoms with E-state index in [0.29, 0.717) is 22.8 Å². The Bertz CT molecular complexity index is 1130. The second kappa shape index (κ2) is 7.59. The minimum absolute atomic E-state index is 0.0707. The van der Waals surface area contributed by atoms with Gasteiger partial charge in [-0.2, -0.15) is 0 Å². The first-order valence-corrected chi connectivity index (χ1v) is 10.2. The van der Waals surface area contributed by atoms with E-state index in [1.165, 1.54) is 14.0 Å². The fourth-order valence-corrected chi connectivity index (χ4v) is 4.75. The van der Waals surface area contributed by atoms with Crippen molar-refractivity contribution in [1.29, 1.82) is 0 Å². The van der Waals surface area contributed by atoms with Crippen molar-refractivity contribution >= 4 is 11.9 Å². The topological polar surface area (TPSA) is 92.8 Å². The van der Waals surface area contributed by atoms with Crippen LogP contribution in [0.4, 0.5) is 0 Å². The molecule has 2 aromatic carbocycles. The predicted octanol–water partition coefficient (Wildman–Crippen LogP) is 2.80. The molecule has 0 N–H and O–H groups in total. The maximum atomic E-state index is 13.0. The Labute approximate surface area is 184 Å². The van der Waals surface area contributed by atoms with E-state index in [1.807, 2.05) is 13.1 Å². The van der Waals surface area contributed by atoms with Crippen LogP contribution in [-0.2, 0) is 16.0 Å². The van der Waals surface area contributed by atoms with Gasteiger partial charge in [-0.15, -0.1) is 0 Å². The molecule has 32 heavy (non-hydrogen) atoms. The molecule has 0 radical (unpaired) electrons. The van der Waals surface area contributed by atoms with Gasteiger partial charge in [-0.25, -0.2) is 4.79 Å². The third-order valence-corrected chi connectivity index (χ3v) is 6.10. The Balaban J connectivity index is 1.68. The van der Waals surface area contributed by atoms with Crippen molar-refractivity contribution in [1.82, 2.24) is 4.90 Å². The van der Waals surface area contributed by atoms with E-state index in [1.54, 1.807) is 19.2 Å². The summed E-state index contributed by atoms with van der Waals surface area (Å²) < 4.78 is 33.6. The molecule has 2 aromatic rings. The molecule has 168 valence electrons. The molecule has 9 heteroatoms. The number of hydrogen-bond acceptors (Lipinski definition) is 9. The quantitative estimate of drug-likeness (QED) is 0.524. The van der Waals surface area contributed by atoms with Gasteiger partial charge in [0.1, 0.15) is 11.7 Å². The van der Waals surface area contributed by atoms with Gasteiger partial charge < -0.3 is 28.4 Å². The minimum Gasteiger partial charge on any atom is -0.493 e. The molecule has 0 aliphatic carbocycles. The van der Waals surface area contributed by atoms with Gasteiger partial charge in [-0.05, 0) is 31.2 Å². The lowest BCUT2D eigenvalue weighted by Crippen LogP contribution is -2.36. The highest BCUT2D eigenvalue weighted by atomic mass is 16.7. The summed E-state index contributed by atoms with van der Waals surface area (Å²) >= 11 is 0. The highest BCUT2D eigenvalue weighted by molar-refractivity contribution is 5.99. The number of rotatable bonds is 4. The Morgan fingerprint density at radius 3 is 2.69 bits per heavy atom. The lowest BCUT2D eigenvalue weighted by Gasteiger charge is -2.38. The summed E-state index contributed by atoms with van der Waals surface area (Å²) in [7, 11) is 5.01. The highest BCUT2D eigenvalue weighted by Crippen LogP contribution is 2.55. The molecule has 0 spiro atoms. The van der Waals surface area contributed by atoms with Gasteiger partial charge in [0.2, 0.25) is 12.5 Å². The Hall–Kier alpha value is -3.46. The minimum atomic E-state index is -0.643. The van der Waals surface area contributed by atoms with E-state index in [4.69, 9.17) is 28.4 Å². The van der Waals surface area contributed by atoms with Gasteiger partial charge in [0.15, 0.2) is 23.0 Å². The number of fused-ring (bicyclic) bond motifs is 3. The van der Waals surface area contributed by atoms with Crippen molar-refractivity contribution in [3.8, 4) is 28.7 Å². The average Bonchev–Trinajstić information content (AvgIpc) is 3.36. The number of benzene rings is 2. The Morgan fingerprint density at radius 1 is 1.16 bits per heavy atom. The molecule has 0 saturated carbocycles. The van der Waals surface area contributed by atoms with Crippen LogP contribution in [0.3, 0.4) is 0 Å². The van der Waals surface area contributed by atoms with Gasteiger partial charge >= 0.3 is 11.9 Å². The zero-order chi connectivity index (χ0) is 22.6. The van der Waals surface area contributed by atoms with Crippen molar-refractivity contribution in [2.24, 2.45) is 0 Å². The number of likely N-dealkylation sites (N-methyl/N-ethyl adjacent to an activating group) is 1. The molecule has 0 amide bonds. The van der Waals surface area contributed by atoms with Crippen LogP contribution in [0.5, 0.6) is 28.7 Å². The van der Waals surface area contributed by atoms with Crippen LogP contribution in [0.1, 0.15) is 46.1 Å². The molecular formula is C23H23NO8. The van der Waals surface area contributed by atoms with Crippen LogP contribution in [0, 0.1) is 0 Å². The molecule has 0 fully saturated rings. The maximum absolute atomic E-state index is 13.0. The highest BCUT2D eigenvalue weighted by Gasteiger charge is 2.46. The van der Waals surface area contributed by atoms with Crippen LogP contribution in [-0.4, -0.2) is 51.4 Å². The molecule has 0 saturated heterocycles. The predicted molar refractivity (Wildman–Crippen MR) is 111 cm³/mol. The van der Waals surface area contributed by atoms with Gasteiger partial charge in [0.25, 0.3) is 0 Å². The summed E-state index contributed by atoms with van der Waals surface area (Å²) in [5.74, 6) is 1.00. The standard InChI is InChI=1S/C23H23NO8/c1-11(25)31-20-14(27-3)6-5-13-17(20)23(26)32-19(13)18-16-12(7-8-24(18)2)9-15-21(22(16)28-4)30-10-29-15/h5-6,9,18-19H,7-8,10H2,1-4H3/t18-,19+/m0/s1. The number of ether oxygens (including phenoxy) is 6. The second-order valence-electron chi connectivity index (χ2n) is 7.87. The third kappa shape index (κ3) is 2.96. The van der Waals surface area contributed by atoms with Crippen molar-refractivity contribution in [3.05, 3.63) is 40.5 Å². The maximum Gasteiger partial charge on any atom is 0.343 e. The molecule has 9 nitrogen and oxygen atoms in total. The summed E-state index contributed by atoms with van der Waals surface area (Å²) in [6, 6.07) is 5.08. The largest absolute Gasteiger partial charge is 0.493 e. The van der Waals surface area contributed by atoms with Crippen LogP contribution in [0.2, 0.25) is 0 Å². The van der Waals surface area contributed by atoms with Crippen LogP contribution in [0.15, 0.2) is 18.2 Å². The van der Waals surface area contributed by atoms with Gasteiger partial charge in [-0.3, -0.25) is 9.69 Å². The molecule has 3 aliphatic rings. The van der Waals surface area contributed by atoms with Crippen molar-refractivity contribution in [2.75, 3.05) is 34.6 Å². The van der Waals surface area contributed by atoms with Gasteiger partial charge in [0, 0.05) is 24.6 Å². The number of methoxy groups -OCH3 is 2. The van der Waals surface area contributed by atoms with Crippen molar-refractivity contribution in [2.45, 2.75) is 25.5 Å². The SMILES string of the molecule is COc1ccc2c(c1OC(C)=O)C(=O)O[C@H]2[C@@H]1c2c(cc3c(c2OC)OCO3)CCN1C. The zero-order valence-corrected chi connectivity index (χ0v) is 18.2. The molecule has 0 unspecified atom stereocenters. The number of carbonyl (C=O) groups is 2. The normalized spacial score (nSPS) is 20.9. The van der Waals surface area contributed by atoms with Crippen molar-refractivity contribution < 1.29 is 38.0 Å². The van der Waals surface area contributed by atoms with E-state index in [9.17, 15) is 9.59 Å². The van der Waals surface area contributed by atoms with Gasteiger partial charge in [0.05, 0.1) is 20.3 Å². The van der Waals surface area contributed by atoms with E-state index >= 15 is 0 Å². The lowest BCUT2D eigenvalue weighted by atomic mass is 9.85. The average molecular weight is 441 g/mol. The zero-order valence-electron chi connectivity index (χ0n) is 18.2. The van der Waals surface area contributed by atoms with Crippen LogP contribution >= 0.6 is 0 Å². The fraction of sp³-hybridized carbons (Fsp3) is 0.391. The summed E-state index contributed by atoms with van der Waals surface area (Å²) in [5.41, 5.74) is 2.76. The number of carbonyl (C=O) groups excluding carboxylic acids is 2. The third-order valence-electron chi connectivity index (χ3n) is 6.10. The molecule has 3 heterocycles. The summed E-state index contributed by atoms with van der Waals surface area (Å²) in [6.45, 7) is 2.15. The second-order valence-corrected chi connectivity index (χ2v) is 7.87. The summed E-state index contributed by atoms with van der Waals surface area (Å²) in [5, 5.41) is 0. The molecule has 0 aromatic heterocycles. The fourth-order valence-electron chi connectivity index (χ4n) is 4.75. The first kappa shape index (κ1) is 20.4. The number of cyclic esters (lactones) is 1. The van der Waals surface area contributed by atoms with Crippen LogP contribution < -0.4 is 23.7 Å². The molecular weight excluding hydrogens is 418 g/mol. The van der Waals surface area contributed by atoms with E-state index in [0.717, 1.165) is 24.1 Å². The smallest absolute Gasteiger partial charge is 0.343 e. The first-order valence-electron chi connectivity index (χ1n) is 10.2. The monoisotopic (exact) mass is 441 g/mol. The first-order chi connectivity index (χ1) is 15.4. The molecule has 5 rings (SSSR count). The summed E-state index contributed by atoms with van der Waals surface area (Å²) in [4.78, 5) is 26.8. The van der Waals surface area contributed by atoms with Crippen LogP contribution in [0.25, 0.3) is 0 Å². The Kier molecular flexibility index (Phi) is 4.85. The number of hydrogen-bond donors (Lipinski definition) is 0. The van der Waals surface area contributed by atoms with Gasteiger partial charge in [-0.1, -0.05) is 6.07 Å². The Morgan fingerprint density at radius 2 is 1.97 bits per heavy atom. The number of nitrogens with zero attached hydrogens (tertiary/aromatic N) is 1. The number of esters is 2. The van der Waals surface area contributed by atoms with E-state index in [2.05, 4.69) is 4.90 Å². The molecule has 2 atom stereocenters. The van der Waals surface area contributed by atoms with Crippen molar-refractivity contribution in [3.63, 3.8) is 0 Å². The van der Waals surface area contributed by atoms with E-state index in [-0.39, 0.29) is 29.9 Å². The summed E-state index contributed by atoms with van der Waals surface area (Å²) in [6.07, 6.45) is 0.139.